The van der Waals surface area contributed by atoms with Crippen LogP contribution in [0.25, 0.3) is 0 Å². The minimum atomic E-state index is 0.508. The van der Waals surface area contributed by atoms with Gasteiger partial charge in [-0.1, -0.05) is 11.6 Å². The lowest BCUT2D eigenvalue weighted by atomic mass is 10.2. The fourth-order valence-corrected chi connectivity index (χ4v) is 1.56. The Morgan fingerprint density at radius 3 is 3.08 bits per heavy atom. The lowest BCUT2D eigenvalue weighted by molar-refractivity contribution is 0.788. The molecule has 0 saturated carbocycles. The van der Waals surface area contributed by atoms with Gasteiger partial charge in [0.1, 0.15) is 5.82 Å². The van der Waals surface area contributed by atoms with E-state index >= 15 is 0 Å². The minimum Gasteiger partial charge on any atom is -0.366 e. The van der Waals surface area contributed by atoms with E-state index in [9.17, 15) is 0 Å². The summed E-state index contributed by atoms with van der Waals surface area (Å²) in [7, 11) is 0. The van der Waals surface area contributed by atoms with Crippen molar-refractivity contribution in [2.45, 2.75) is 12.5 Å². The average molecular weight is 198 g/mol. The summed E-state index contributed by atoms with van der Waals surface area (Å²) >= 11 is 5.73. The highest BCUT2D eigenvalue weighted by molar-refractivity contribution is 6.30. The van der Waals surface area contributed by atoms with E-state index < -0.39 is 0 Å². The quantitative estimate of drug-likeness (QED) is 0.755. The number of aromatic nitrogens is 1. The second-order valence-electron chi connectivity index (χ2n) is 3.20. The first-order valence-electron chi connectivity index (χ1n) is 4.43. The molecule has 13 heavy (non-hydrogen) atoms. The van der Waals surface area contributed by atoms with Crippen molar-refractivity contribution in [3.63, 3.8) is 0 Å². The first-order valence-corrected chi connectivity index (χ1v) is 4.81. The second-order valence-corrected chi connectivity index (χ2v) is 3.63. The van der Waals surface area contributed by atoms with Crippen molar-refractivity contribution in [2.75, 3.05) is 18.4 Å². The zero-order valence-corrected chi connectivity index (χ0v) is 8.01. The van der Waals surface area contributed by atoms with E-state index in [1.807, 2.05) is 12.1 Å². The molecule has 3 nitrogen and oxygen atoms in total. The summed E-state index contributed by atoms with van der Waals surface area (Å²) in [6.07, 6.45) is 2.82. The molecule has 1 aromatic rings. The van der Waals surface area contributed by atoms with Gasteiger partial charge in [-0.3, -0.25) is 0 Å². The fraction of sp³-hybridized carbons (Fsp3) is 0.444. The number of hydrogen-bond acceptors (Lipinski definition) is 3. The van der Waals surface area contributed by atoms with Crippen LogP contribution in [-0.4, -0.2) is 24.1 Å². The number of nitrogens with one attached hydrogen (secondary N) is 2. The highest BCUT2D eigenvalue weighted by atomic mass is 35.5. The van der Waals surface area contributed by atoms with Gasteiger partial charge < -0.3 is 10.6 Å². The van der Waals surface area contributed by atoms with Gasteiger partial charge in [-0.25, -0.2) is 4.98 Å². The molecular weight excluding hydrogens is 186 g/mol. The molecule has 2 N–H and O–H groups in total. The van der Waals surface area contributed by atoms with Crippen molar-refractivity contribution in [3.8, 4) is 0 Å². The van der Waals surface area contributed by atoms with Crippen molar-refractivity contribution in [2.24, 2.45) is 0 Å². The van der Waals surface area contributed by atoms with E-state index in [0.717, 1.165) is 25.3 Å². The fourth-order valence-electron chi connectivity index (χ4n) is 1.45. The number of hydrogen-bond donors (Lipinski definition) is 2. The van der Waals surface area contributed by atoms with Crippen LogP contribution in [0, 0.1) is 0 Å². The van der Waals surface area contributed by atoms with Crippen LogP contribution < -0.4 is 10.6 Å². The van der Waals surface area contributed by atoms with Crippen molar-refractivity contribution in [3.05, 3.63) is 23.4 Å². The monoisotopic (exact) mass is 197 g/mol. The molecule has 1 aliphatic rings. The summed E-state index contributed by atoms with van der Waals surface area (Å²) in [5.74, 6) is 0.901. The molecule has 0 amide bonds. The lowest BCUT2D eigenvalue weighted by Gasteiger charge is -2.11. The molecule has 0 aromatic carbocycles. The lowest BCUT2D eigenvalue weighted by Crippen LogP contribution is -2.22. The maximum absolute atomic E-state index is 5.73. The first-order chi connectivity index (χ1) is 6.34. The number of nitrogens with zero attached hydrogens (tertiary/aromatic N) is 1. The molecule has 0 spiro atoms. The molecule has 1 unspecified atom stereocenters. The zero-order chi connectivity index (χ0) is 9.10. The molecule has 70 valence electrons. The van der Waals surface area contributed by atoms with Crippen molar-refractivity contribution in [1.29, 1.82) is 0 Å². The molecule has 2 heterocycles. The van der Waals surface area contributed by atoms with Crippen LogP contribution in [0.2, 0.25) is 5.02 Å². The largest absolute Gasteiger partial charge is 0.366 e. The van der Waals surface area contributed by atoms with Gasteiger partial charge in [-0.15, -0.1) is 0 Å². The highest BCUT2D eigenvalue weighted by Crippen LogP contribution is 2.12. The average Bonchev–Trinajstić information content (AvgIpc) is 2.62. The second kappa shape index (κ2) is 3.94. The van der Waals surface area contributed by atoms with E-state index in [4.69, 9.17) is 11.6 Å². The van der Waals surface area contributed by atoms with Gasteiger partial charge in [-0.05, 0) is 25.1 Å². The van der Waals surface area contributed by atoms with Crippen LogP contribution in [0.5, 0.6) is 0 Å². The van der Waals surface area contributed by atoms with Gasteiger partial charge in [0.2, 0.25) is 0 Å². The van der Waals surface area contributed by atoms with Crippen LogP contribution in [0.4, 0.5) is 5.82 Å². The summed E-state index contributed by atoms with van der Waals surface area (Å²) in [6, 6.07) is 4.26. The van der Waals surface area contributed by atoms with Crippen LogP contribution in [0.3, 0.4) is 0 Å². The predicted molar refractivity (Wildman–Crippen MR) is 54.1 cm³/mol. The molecule has 0 aliphatic carbocycles. The molecule has 0 bridgehead atoms. The summed E-state index contributed by atoms with van der Waals surface area (Å²) < 4.78 is 0. The maximum Gasteiger partial charge on any atom is 0.126 e. The normalized spacial score (nSPS) is 21.8. The number of halogens is 1. The number of rotatable bonds is 2. The maximum atomic E-state index is 5.73. The van der Waals surface area contributed by atoms with Crippen LogP contribution in [0.15, 0.2) is 18.3 Å². The smallest absolute Gasteiger partial charge is 0.126 e. The summed E-state index contributed by atoms with van der Waals surface area (Å²) in [5, 5.41) is 7.30. The van der Waals surface area contributed by atoms with E-state index in [1.165, 1.54) is 0 Å². The van der Waals surface area contributed by atoms with Crippen LogP contribution >= 0.6 is 11.6 Å². The van der Waals surface area contributed by atoms with Gasteiger partial charge >= 0.3 is 0 Å². The van der Waals surface area contributed by atoms with E-state index in [2.05, 4.69) is 15.6 Å². The first kappa shape index (κ1) is 8.78. The van der Waals surface area contributed by atoms with Gasteiger partial charge in [0.05, 0.1) is 5.02 Å². The van der Waals surface area contributed by atoms with Crippen molar-refractivity contribution < 1.29 is 0 Å². The Morgan fingerprint density at radius 2 is 2.46 bits per heavy atom. The van der Waals surface area contributed by atoms with E-state index in [-0.39, 0.29) is 0 Å². The number of pyridine rings is 1. The SMILES string of the molecule is Clc1ccc(NC2CCNC2)nc1. The molecule has 1 atom stereocenters. The Labute approximate surface area is 82.5 Å². The van der Waals surface area contributed by atoms with Gasteiger partial charge in [0.15, 0.2) is 0 Å². The summed E-state index contributed by atoms with van der Waals surface area (Å²) in [5.41, 5.74) is 0. The third-order valence-electron chi connectivity index (χ3n) is 2.14. The summed E-state index contributed by atoms with van der Waals surface area (Å²) in [6.45, 7) is 2.11. The Morgan fingerprint density at radius 1 is 1.54 bits per heavy atom. The predicted octanol–water partition coefficient (Wildman–Crippen LogP) is 1.51. The van der Waals surface area contributed by atoms with Crippen molar-refractivity contribution >= 4 is 17.4 Å². The third kappa shape index (κ3) is 2.32. The van der Waals surface area contributed by atoms with E-state index in [1.54, 1.807) is 6.20 Å². The van der Waals surface area contributed by atoms with Crippen LogP contribution in [0.1, 0.15) is 6.42 Å². The summed E-state index contributed by atoms with van der Waals surface area (Å²) in [4.78, 5) is 4.17. The molecule has 1 fully saturated rings. The van der Waals surface area contributed by atoms with E-state index in [0.29, 0.717) is 11.1 Å². The number of anilines is 1. The van der Waals surface area contributed by atoms with Crippen LogP contribution in [-0.2, 0) is 0 Å². The molecule has 4 heteroatoms. The Kier molecular flexibility index (Phi) is 2.66. The third-order valence-corrected chi connectivity index (χ3v) is 2.36. The van der Waals surface area contributed by atoms with Gasteiger partial charge in [0, 0.05) is 18.8 Å². The molecule has 1 aliphatic heterocycles. The molecule has 1 saturated heterocycles. The molecule has 0 radical (unpaired) electrons. The zero-order valence-electron chi connectivity index (χ0n) is 7.26. The topological polar surface area (TPSA) is 37.0 Å². The Balaban J connectivity index is 1.97. The van der Waals surface area contributed by atoms with Crippen molar-refractivity contribution in [1.82, 2.24) is 10.3 Å². The molecular formula is C9H12ClN3. The minimum absolute atomic E-state index is 0.508. The van der Waals surface area contributed by atoms with Gasteiger partial charge in [0.25, 0.3) is 0 Å². The standard InChI is InChI=1S/C9H12ClN3/c10-7-1-2-9(12-5-7)13-8-3-4-11-6-8/h1-2,5,8,11H,3-4,6H2,(H,12,13). The Hall–Kier alpha value is -0.800. The van der Waals surface area contributed by atoms with Gasteiger partial charge in [-0.2, -0.15) is 0 Å². The molecule has 2 rings (SSSR count). The Bertz CT molecular complexity index is 267. The molecule has 1 aromatic heterocycles. The highest BCUT2D eigenvalue weighted by Gasteiger charge is 2.13.